The molecule has 0 radical (unpaired) electrons. The molecule has 3 heterocycles. The predicted octanol–water partition coefficient (Wildman–Crippen LogP) is 2.80. The fraction of sp³-hybridized carbons (Fsp3) is 0.526. The Bertz CT molecular complexity index is 796. The Labute approximate surface area is 162 Å². The number of fused-ring (bicyclic) bond motifs is 1. The van der Waals surface area contributed by atoms with Crippen LogP contribution in [0.25, 0.3) is 0 Å². The molecule has 1 aliphatic heterocycles. The maximum atomic E-state index is 12.3. The Hall–Kier alpha value is -2.19. The number of thiazole rings is 1. The molecular weight excluding hydrogens is 364 g/mol. The van der Waals surface area contributed by atoms with E-state index in [0.29, 0.717) is 24.3 Å². The van der Waals surface area contributed by atoms with Crippen molar-refractivity contribution in [3.8, 4) is 0 Å². The third-order valence-corrected chi connectivity index (χ3v) is 6.11. The average molecular weight is 388 g/mol. The quantitative estimate of drug-likeness (QED) is 0.822. The Morgan fingerprint density at radius 3 is 2.93 bits per heavy atom. The minimum atomic E-state index is -0.296. The summed E-state index contributed by atoms with van der Waals surface area (Å²) >= 11 is 1.47. The van der Waals surface area contributed by atoms with Crippen molar-refractivity contribution in [3.63, 3.8) is 0 Å². The zero-order valence-electron chi connectivity index (χ0n) is 15.2. The van der Waals surface area contributed by atoms with Gasteiger partial charge in [-0.1, -0.05) is 19.3 Å². The molecule has 4 rings (SSSR count). The lowest BCUT2D eigenvalue weighted by Crippen LogP contribution is -2.44. The summed E-state index contributed by atoms with van der Waals surface area (Å²) in [6.07, 6.45) is 8.17. The number of hydrogen-bond donors (Lipinski definition) is 2. The van der Waals surface area contributed by atoms with Crippen LogP contribution < -0.4 is 10.6 Å². The molecule has 0 bridgehead atoms. The minimum absolute atomic E-state index is 0.112. The minimum Gasteiger partial charge on any atom is -0.459 e. The molecule has 2 aromatic heterocycles. The lowest BCUT2D eigenvalue weighted by molar-refractivity contribution is -0.123. The molecule has 0 spiro atoms. The van der Waals surface area contributed by atoms with Crippen LogP contribution in [0, 0.1) is 0 Å². The van der Waals surface area contributed by atoms with E-state index in [4.69, 9.17) is 4.42 Å². The van der Waals surface area contributed by atoms with Crippen LogP contribution in [-0.2, 0) is 17.8 Å². The highest BCUT2D eigenvalue weighted by Crippen LogP contribution is 2.28. The van der Waals surface area contributed by atoms with E-state index in [2.05, 4.69) is 20.5 Å². The van der Waals surface area contributed by atoms with Crippen molar-refractivity contribution in [1.82, 2.24) is 15.2 Å². The summed E-state index contributed by atoms with van der Waals surface area (Å²) in [7, 11) is 0. The van der Waals surface area contributed by atoms with E-state index in [1.54, 1.807) is 12.1 Å². The first-order valence-electron chi connectivity index (χ1n) is 9.52. The summed E-state index contributed by atoms with van der Waals surface area (Å²) in [5.74, 6) is 0.0835. The second-order valence-corrected chi connectivity index (χ2v) is 8.27. The molecule has 0 aromatic carbocycles. The number of nitrogens with zero attached hydrogens (tertiary/aromatic N) is 2. The van der Waals surface area contributed by atoms with E-state index in [1.165, 1.54) is 36.9 Å². The molecule has 2 aliphatic rings. The third kappa shape index (κ3) is 4.56. The first-order valence-corrected chi connectivity index (χ1v) is 10.3. The lowest BCUT2D eigenvalue weighted by atomic mass is 9.95. The van der Waals surface area contributed by atoms with Gasteiger partial charge in [-0.3, -0.25) is 19.8 Å². The Morgan fingerprint density at radius 2 is 2.15 bits per heavy atom. The van der Waals surface area contributed by atoms with Gasteiger partial charge in [0.05, 0.1) is 18.5 Å². The van der Waals surface area contributed by atoms with E-state index >= 15 is 0 Å². The number of amides is 2. The summed E-state index contributed by atoms with van der Waals surface area (Å²) in [5, 5.41) is 6.54. The van der Waals surface area contributed by atoms with E-state index in [-0.39, 0.29) is 17.6 Å². The van der Waals surface area contributed by atoms with Gasteiger partial charge in [0, 0.05) is 30.4 Å². The maximum absolute atomic E-state index is 12.3. The average Bonchev–Trinajstić information content (AvgIpc) is 3.31. The molecule has 27 heavy (non-hydrogen) atoms. The molecular formula is C19H24N4O3S. The number of aromatic nitrogens is 1. The van der Waals surface area contributed by atoms with Gasteiger partial charge in [-0.2, -0.15) is 0 Å². The van der Waals surface area contributed by atoms with Gasteiger partial charge in [0.15, 0.2) is 10.9 Å². The highest BCUT2D eigenvalue weighted by molar-refractivity contribution is 7.15. The summed E-state index contributed by atoms with van der Waals surface area (Å²) in [4.78, 5) is 32.2. The zero-order chi connectivity index (χ0) is 18.6. The van der Waals surface area contributed by atoms with E-state index in [1.807, 2.05) is 0 Å². The van der Waals surface area contributed by atoms with Gasteiger partial charge in [-0.15, -0.1) is 11.3 Å². The molecule has 0 atom stereocenters. The van der Waals surface area contributed by atoms with Gasteiger partial charge in [-0.25, -0.2) is 4.98 Å². The number of anilines is 1. The van der Waals surface area contributed by atoms with Crippen LogP contribution in [0.4, 0.5) is 5.13 Å². The largest absolute Gasteiger partial charge is 0.459 e. The first-order chi connectivity index (χ1) is 13.2. The van der Waals surface area contributed by atoms with Crippen molar-refractivity contribution < 1.29 is 14.0 Å². The highest BCUT2D eigenvalue weighted by Gasteiger charge is 2.24. The van der Waals surface area contributed by atoms with Crippen LogP contribution in [0.3, 0.4) is 0 Å². The van der Waals surface area contributed by atoms with Crippen molar-refractivity contribution in [1.29, 1.82) is 0 Å². The predicted molar refractivity (Wildman–Crippen MR) is 103 cm³/mol. The number of carbonyl (C=O) groups excluding carboxylic acids is 2. The van der Waals surface area contributed by atoms with Crippen molar-refractivity contribution in [3.05, 3.63) is 34.7 Å². The number of hydrogen-bond acceptors (Lipinski definition) is 6. The molecule has 7 nitrogen and oxygen atoms in total. The molecule has 1 saturated carbocycles. The molecule has 0 saturated heterocycles. The Kier molecular flexibility index (Phi) is 5.54. The number of furan rings is 1. The van der Waals surface area contributed by atoms with Gasteiger partial charge in [0.25, 0.3) is 5.91 Å². The van der Waals surface area contributed by atoms with Crippen LogP contribution in [-0.4, -0.2) is 40.8 Å². The Balaban J connectivity index is 1.31. The van der Waals surface area contributed by atoms with Crippen molar-refractivity contribution in [2.45, 2.75) is 51.1 Å². The van der Waals surface area contributed by atoms with Crippen molar-refractivity contribution >= 4 is 28.3 Å². The number of carbonyl (C=O) groups is 2. The summed E-state index contributed by atoms with van der Waals surface area (Å²) < 4.78 is 5.10. The van der Waals surface area contributed by atoms with Gasteiger partial charge in [0.2, 0.25) is 5.91 Å². The van der Waals surface area contributed by atoms with Crippen LogP contribution in [0.15, 0.2) is 22.8 Å². The van der Waals surface area contributed by atoms with Crippen LogP contribution in [0.5, 0.6) is 0 Å². The monoisotopic (exact) mass is 388 g/mol. The van der Waals surface area contributed by atoms with Crippen molar-refractivity contribution in [2.24, 2.45) is 0 Å². The zero-order valence-corrected chi connectivity index (χ0v) is 16.0. The fourth-order valence-corrected chi connectivity index (χ4v) is 4.77. The molecule has 2 aromatic rings. The summed E-state index contributed by atoms with van der Waals surface area (Å²) in [6, 6.07) is 3.64. The molecule has 2 amide bonds. The summed E-state index contributed by atoms with van der Waals surface area (Å²) in [5.41, 5.74) is 1.01. The smallest absolute Gasteiger partial charge is 0.293 e. The van der Waals surface area contributed by atoms with E-state index in [9.17, 15) is 9.59 Å². The lowest BCUT2D eigenvalue weighted by Gasteiger charge is -2.27. The summed E-state index contributed by atoms with van der Waals surface area (Å²) in [6.45, 7) is 1.92. The molecule has 1 fully saturated rings. The molecule has 0 unspecified atom stereocenters. The van der Waals surface area contributed by atoms with Crippen LogP contribution in [0.1, 0.15) is 53.2 Å². The standard InChI is InChI=1S/C19H24N4O3S/c24-17(20-13-5-2-1-3-6-13)12-23-9-8-14-16(11-23)27-19(21-14)22-18(25)15-7-4-10-26-15/h4,7,10,13H,1-3,5-6,8-9,11-12H2,(H,20,24)(H,21,22,25). The second-order valence-electron chi connectivity index (χ2n) is 7.18. The van der Waals surface area contributed by atoms with Gasteiger partial charge < -0.3 is 9.73 Å². The van der Waals surface area contributed by atoms with Gasteiger partial charge in [0.1, 0.15) is 0 Å². The molecule has 8 heteroatoms. The van der Waals surface area contributed by atoms with E-state index in [0.717, 1.165) is 36.4 Å². The fourth-order valence-electron chi connectivity index (χ4n) is 3.73. The topological polar surface area (TPSA) is 87.5 Å². The molecule has 1 aliphatic carbocycles. The normalized spacial score (nSPS) is 18.1. The second kappa shape index (κ2) is 8.22. The van der Waals surface area contributed by atoms with E-state index < -0.39 is 0 Å². The first kappa shape index (κ1) is 18.2. The number of nitrogens with one attached hydrogen (secondary N) is 2. The van der Waals surface area contributed by atoms with Crippen LogP contribution in [0.2, 0.25) is 0 Å². The molecule has 2 N–H and O–H groups in total. The van der Waals surface area contributed by atoms with Gasteiger partial charge >= 0.3 is 0 Å². The third-order valence-electron chi connectivity index (χ3n) is 5.11. The highest BCUT2D eigenvalue weighted by atomic mass is 32.1. The van der Waals surface area contributed by atoms with Crippen LogP contribution >= 0.6 is 11.3 Å². The van der Waals surface area contributed by atoms with Crippen molar-refractivity contribution in [2.75, 3.05) is 18.4 Å². The maximum Gasteiger partial charge on any atom is 0.293 e. The van der Waals surface area contributed by atoms with Gasteiger partial charge in [-0.05, 0) is 25.0 Å². The SMILES string of the molecule is O=C(CN1CCc2nc(NC(=O)c3ccco3)sc2C1)NC1CCCCC1. The molecule has 144 valence electrons. The number of rotatable bonds is 5. The Morgan fingerprint density at radius 1 is 1.30 bits per heavy atom.